The number of nitrogens with one attached hydrogen (secondary N) is 1. The molecule has 1 heterocycles. The Kier molecular flexibility index (Phi) is 7.43. The van der Waals surface area contributed by atoms with Crippen molar-refractivity contribution in [3.63, 3.8) is 0 Å². The zero-order valence-electron chi connectivity index (χ0n) is 15.8. The number of unbranched alkanes of at least 4 members (excludes halogenated alkanes) is 1. The summed E-state index contributed by atoms with van der Waals surface area (Å²) in [4.78, 5) is 12.0. The molecule has 0 bridgehead atoms. The van der Waals surface area contributed by atoms with E-state index in [9.17, 15) is 13.2 Å². The van der Waals surface area contributed by atoms with Crippen molar-refractivity contribution in [2.75, 3.05) is 33.7 Å². The first-order valence-corrected chi connectivity index (χ1v) is 10.5. The lowest BCUT2D eigenvalue weighted by molar-refractivity contribution is 0.0953. The summed E-state index contributed by atoms with van der Waals surface area (Å²) < 4.78 is 32.9. The summed E-state index contributed by atoms with van der Waals surface area (Å²) in [5, 5.41) is 2.88. The highest BCUT2D eigenvalue weighted by Gasteiger charge is 2.30. The van der Waals surface area contributed by atoms with Gasteiger partial charge in [-0.3, -0.25) is 4.79 Å². The minimum atomic E-state index is -3.35. The van der Waals surface area contributed by atoms with Gasteiger partial charge in [-0.15, -0.1) is 0 Å². The lowest BCUT2D eigenvalue weighted by Gasteiger charge is -2.32. The van der Waals surface area contributed by atoms with Gasteiger partial charge in [-0.05, 0) is 43.5 Å². The number of piperidine rings is 1. The summed E-state index contributed by atoms with van der Waals surface area (Å²) in [6.07, 6.45) is 3.28. The summed E-state index contributed by atoms with van der Waals surface area (Å²) in [5.41, 5.74) is 0.611. The van der Waals surface area contributed by atoms with E-state index in [0.717, 1.165) is 12.8 Å². The van der Waals surface area contributed by atoms with Crippen LogP contribution in [0.2, 0.25) is 0 Å². The Bertz CT molecular complexity index is 681. The van der Waals surface area contributed by atoms with Gasteiger partial charge >= 0.3 is 0 Å². The molecule has 8 heteroatoms. The minimum Gasteiger partial charge on any atom is -0.490 e. The SMILES string of the molecule is CCCCNC(=O)c1ccc(OC2CCN(S(=O)(=O)N(C)C)CC2)cc1. The van der Waals surface area contributed by atoms with Crippen LogP contribution < -0.4 is 10.1 Å². The molecule has 1 fully saturated rings. The van der Waals surface area contributed by atoms with Gasteiger partial charge in [0, 0.05) is 39.3 Å². The molecule has 1 saturated heterocycles. The molecular weight excluding hydrogens is 354 g/mol. The highest BCUT2D eigenvalue weighted by atomic mass is 32.2. The standard InChI is InChI=1S/C18H29N3O4S/c1-4-5-12-19-18(22)15-6-8-16(9-7-15)25-17-10-13-21(14-11-17)26(23,24)20(2)3/h6-9,17H,4-5,10-14H2,1-3H3,(H,19,22). The fraction of sp³-hybridized carbons (Fsp3) is 0.611. The van der Waals surface area contributed by atoms with Gasteiger partial charge in [0.2, 0.25) is 0 Å². The number of rotatable bonds is 8. The quantitative estimate of drug-likeness (QED) is 0.695. The fourth-order valence-corrected chi connectivity index (χ4v) is 3.90. The van der Waals surface area contributed by atoms with Crippen LogP contribution in [0.1, 0.15) is 43.0 Å². The van der Waals surface area contributed by atoms with Crippen LogP contribution in [-0.2, 0) is 10.2 Å². The lowest BCUT2D eigenvalue weighted by atomic mass is 10.1. The molecule has 1 aromatic rings. The lowest BCUT2D eigenvalue weighted by Crippen LogP contribution is -2.46. The molecule has 1 amide bonds. The van der Waals surface area contributed by atoms with Crippen molar-refractivity contribution in [3.05, 3.63) is 29.8 Å². The molecule has 0 saturated carbocycles. The maximum atomic E-state index is 12.1. The highest BCUT2D eigenvalue weighted by molar-refractivity contribution is 7.86. The van der Waals surface area contributed by atoms with Crippen molar-refractivity contribution in [3.8, 4) is 5.75 Å². The van der Waals surface area contributed by atoms with Gasteiger partial charge < -0.3 is 10.1 Å². The summed E-state index contributed by atoms with van der Waals surface area (Å²) >= 11 is 0. The van der Waals surface area contributed by atoms with E-state index in [1.54, 1.807) is 24.3 Å². The maximum absolute atomic E-state index is 12.1. The molecule has 7 nitrogen and oxygen atoms in total. The number of carbonyl (C=O) groups is 1. The van der Waals surface area contributed by atoms with Crippen LogP contribution in [-0.4, -0.2) is 62.8 Å². The first-order chi connectivity index (χ1) is 12.3. The molecule has 1 aliphatic heterocycles. The molecule has 0 radical (unpaired) electrons. The largest absolute Gasteiger partial charge is 0.490 e. The van der Waals surface area contributed by atoms with Crippen LogP contribution in [0.3, 0.4) is 0 Å². The first-order valence-electron chi connectivity index (χ1n) is 9.07. The van der Waals surface area contributed by atoms with Gasteiger partial charge in [-0.1, -0.05) is 13.3 Å². The average molecular weight is 384 g/mol. The van der Waals surface area contributed by atoms with E-state index in [-0.39, 0.29) is 12.0 Å². The predicted molar refractivity (Wildman–Crippen MR) is 102 cm³/mol. The Hall–Kier alpha value is -1.64. The van der Waals surface area contributed by atoms with Crippen LogP contribution in [0.5, 0.6) is 5.75 Å². The van der Waals surface area contributed by atoms with Gasteiger partial charge in [0.15, 0.2) is 0 Å². The number of amides is 1. The summed E-state index contributed by atoms with van der Waals surface area (Å²) in [6, 6.07) is 7.08. The number of nitrogens with zero attached hydrogens (tertiary/aromatic N) is 2. The molecule has 26 heavy (non-hydrogen) atoms. The van der Waals surface area contributed by atoms with Gasteiger partial charge in [-0.25, -0.2) is 0 Å². The van der Waals surface area contributed by atoms with E-state index in [0.29, 0.717) is 43.8 Å². The number of carbonyl (C=O) groups excluding carboxylic acids is 1. The molecule has 146 valence electrons. The van der Waals surface area contributed by atoms with Crippen LogP contribution in [0.25, 0.3) is 0 Å². The number of ether oxygens (including phenoxy) is 1. The third-order valence-electron chi connectivity index (χ3n) is 4.42. The minimum absolute atomic E-state index is 0.0205. The third-order valence-corrected chi connectivity index (χ3v) is 6.36. The summed E-state index contributed by atoms with van der Waals surface area (Å²) in [5.74, 6) is 0.622. The zero-order valence-corrected chi connectivity index (χ0v) is 16.6. The normalized spacial score (nSPS) is 16.6. The summed E-state index contributed by atoms with van der Waals surface area (Å²) in [6.45, 7) is 3.66. The Labute approximate surface area is 156 Å². The van der Waals surface area contributed by atoms with Crippen molar-refractivity contribution in [1.29, 1.82) is 0 Å². The molecule has 2 rings (SSSR count). The number of hydrogen-bond donors (Lipinski definition) is 1. The van der Waals surface area contributed by atoms with E-state index in [4.69, 9.17) is 4.74 Å². The zero-order chi connectivity index (χ0) is 19.2. The predicted octanol–water partition coefficient (Wildman–Crippen LogP) is 1.87. The summed E-state index contributed by atoms with van der Waals surface area (Å²) in [7, 11) is -0.275. The first kappa shape index (κ1) is 20.7. The van der Waals surface area contributed by atoms with Gasteiger partial charge in [-0.2, -0.15) is 17.0 Å². The second-order valence-electron chi connectivity index (χ2n) is 6.64. The van der Waals surface area contributed by atoms with Crippen molar-refractivity contribution in [2.45, 2.75) is 38.7 Å². The maximum Gasteiger partial charge on any atom is 0.281 e. The van der Waals surface area contributed by atoms with Crippen LogP contribution in [0.15, 0.2) is 24.3 Å². The fourth-order valence-electron chi connectivity index (χ4n) is 2.77. The van der Waals surface area contributed by atoms with Crippen LogP contribution >= 0.6 is 0 Å². The molecule has 1 aliphatic rings. The molecule has 0 spiro atoms. The van der Waals surface area contributed by atoms with Gasteiger partial charge in [0.05, 0.1) is 0 Å². The Morgan fingerprint density at radius 1 is 1.23 bits per heavy atom. The third kappa shape index (κ3) is 5.43. The van der Waals surface area contributed by atoms with Crippen LogP contribution in [0.4, 0.5) is 0 Å². The van der Waals surface area contributed by atoms with Crippen molar-refractivity contribution in [1.82, 2.24) is 13.9 Å². The van der Waals surface area contributed by atoms with Crippen molar-refractivity contribution in [2.24, 2.45) is 0 Å². The van der Waals surface area contributed by atoms with Gasteiger partial charge in [0.1, 0.15) is 11.9 Å². The Morgan fingerprint density at radius 3 is 2.38 bits per heavy atom. The average Bonchev–Trinajstić information content (AvgIpc) is 2.63. The molecule has 0 atom stereocenters. The molecule has 0 aliphatic carbocycles. The molecule has 0 unspecified atom stereocenters. The van der Waals surface area contributed by atoms with E-state index >= 15 is 0 Å². The molecule has 1 aromatic carbocycles. The monoisotopic (exact) mass is 383 g/mol. The Balaban J connectivity index is 1.84. The highest BCUT2D eigenvalue weighted by Crippen LogP contribution is 2.21. The smallest absolute Gasteiger partial charge is 0.281 e. The molecule has 1 N–H and O–H groups in total. The topological polar surface area (TPSA) is 79.0 Å². The van der Waals surface area contributed by atoms with E-state index in [1.807, 2.05) is 0 Å². The van der Waals surface area contributed by atoms with Crippen LogP contribution in [0, 0.1) is 0 Å². The molecular formula is C18H29N3O4S. The second kappa shape index (κ2) is 9.34. The second-order valence-corrected chi connectivity index (χ2v) is 8.78. The van der Waals surface area contributed by atoms with Crippen molar-refractivity contribution >= 4 is 16.1 Å². The van der Waals surface area contributed by atoms with Crippen molar-refractivity contribution < 1.29 is 17.9 Å². The molecule has 0 aromatic heterocycles. The van der Waals surface area contributed by atoms with E-state index in [1.165, 1.54) is 22.7 Å². The Morgan fingerprint density at radius 2 is 1.85 bits per heavy atom. The number of benzene rings is 1. The van der Waals surface area contributed by atoms with Gasteiger partial charge in [0.25, 0.3) is 16.1 Å². The van der Waals surface area contributed by atoms with E-state index in [2.05, 4.69) is 12.2 Å². The number of hydrogen-bond acceptors (Lipinski definition) is 4. The van der Waals surface area contributed by atoms with E-state index < -0.39 is 10.2 Å².